The molecule has 0 spiro atoms. The van der Waals surface area contributed by atoms with Gasteiger partial charge in [-0.25, -0.2) is 0 Å². The van der Waals surface area contributed by atoms with Gasteiger partial charge in [-0.2, -0.15) is 0 Å². The van der Waals surface area contributed by atoms with E-state index in [-0.39, 0.29) is 0 Å². The van der Waals surface area contributed by atoms with Crippen LogP contribution in [0.4, 0.5) is 0 Å². The third-order valence-corrected chi connectivity index (χ3v) is 2.26. The summed E-state index contributed by atoms with van der Waals surface area (Å²) >= 11 is 0. The molecule has 1 atom stereocenters. The van der Waals surface area contributed by atoms with Crippen LogP contribution in [-0.4, -0.2) is 32.2 Å². The molecule has 0 radical (unpaired) electrons. The molecule has 0 amide bonds. The van der Waals surface area contributed by atoms with E-state index in [1.165, 1.54) is 14.2 Å². The molecule has 0 aliphatic carbocycles. The quantitative estimate of drug-likeness (QED) is 0.750. The first-order valence-electron chi connectivity index (χ1n) is 5.19. The van der Waals surface area contributed by atoms with Crippen molar-refractivity contribution in [2.45, 2.75) is 19.3 Å². The van der Waals surface area contributed by atoms with E-state index in [1.54, 1.807) is 12.1 Å². The summed E-state index contributed by atoms with van der Waals surface area (Å²) in [6, 6.07) is 7.20. The number of hydrogen-bond acceptors (Lipinski definition) is 4. The molecule has 1 unspecified atom stereocenters. The monoisotopic (exact) mass is 226 g/mol. The van der Waals surface area contributed by atoms with Gasteiger partial charge in [-0.15, -0.1) is 0 Å². The van der Waals surface area contributed by atoms with Gasteiger partial charge in [-0.3, -0.25) is 0 Å². The number of benzene rings is 1. The lowest BCUT2D eigenvalue weighted by Crippen LogP contribution is -2.22. The van der Waals surface area contributed by atoms with Crippen LogP contribution in [0.15, 0.2) is 24.3 Å². The first kappa shape index (κ1) is 13.0. The number of rotatable bonds is 6. The van der Waals surface area contributed by atoms with E-state index >= 15 is 0 Å². The summed E-state index contributed by atoms with van der Waals surface area (Å²) in [5, 5.41) is 9.91. The van der Waals surface area contributed by atoms with Gasteiger partial charge in [0.1, 0.15) is 11.9 Å². The van der Waals surface area contributed by atoms with Crippen molar-refractivity contribution >= 4 is 0 Å². The van der Waals surface area contributed by atoms with Gasteiger partial charge in [0, 0.05) is 14.2 Å². The van der Waals surface area contributed by atoms with Crippen molar-refractivity contribution in [2.75, 3.05) is 20.8 Å². The maximum atomic E-state index is 9.91. The molecule has 0 fully saturated rings. The second kappa shape index (κ2) is 6.48. The van der Waals surface area contributed by atoms with Crippen molar-refractivity contribution in [3.63, 3.8) is 0 Å². The van der Waals surface area contributed by atoms with Crippen LogP contribution in [-0.2, 0) is 9.47 Å². The summed E-state index contributed by atoms with van der Waals surface area (Å²) in [7, 11) is 2.98. The van der Waals surface area contributed by atoms with Crippen molar-refractivity contribution in [3.05, 3.63) is 29.8 Å². The fourth-order valence-electron chi connectivity index (χ4n) is 1.44. The summed E-state index contributed by atoms with van der Waals surface area (Å²) in [6.45, 7) is 2.55. The van der Waals surface area contributed by atoms with E-state index in [9.17, 15) is 5.11 Å². The molecular formula is C12H18O4. The third kappa shape index (κ3) is 3.20. The Labute approximate surface area is 95.8 Å². The highest BCUT2D eigenvalue weighted by Crippen LogP contribution is 2.22. The highest BCUT2D eigenvalue weighted by molar-refractivity contribution is 5.28. The summed E-state index contributed by atoms with van der Waals surface area (Å²) in [5.74, 6) is 0.782. The molecule has 16 heavy (non-hydrogen) atoms. The van der Waals surface area contributed by atoms with Crippen LogP contribution < -0.4 is 4.74 Å². The number of ether oxygens (including phenoxy) is 3. The van der Waals surface area contributed by atoms with E-state index in [0.29, 0.717) is 6.61 Å². The molecule has 0 saturated carbocycles. The minimum absolute atomic E-state index is 0.626. The van der Waals surface area contributed by atoms with Crippen molar-refractivity contribution in [3.8, 4) is 5.75 Å². The second-order valence-electron chi connectivity index (χ2n) is 3.29. The van der Waals surface area contributed by atoms with Crippen molar-refractivity contribution in [1.29, 1.82) is 0 Å². The standard InChI is InChI=1S/C12H18O4/c1-4-16-10-7-5-9(6-8-10)11(13)12(14-2)15-3/h5-8,11-13H,4H2,1-3H3. The van der Waals surface area contributed by atoms with Gasteiger partial charge in [0.25, 0.3) is 0 Å². The van der Waals surface area contributed by atoms with E-state index in [0.717, 1.165) is 11.3 Å². The van der Waals surface area contributed by atoms with Gasteiger partial charge >= 0.3 is 0 Å². The Bertz CT molecular complexity index is 292. The largest absolute Gasteiger partial charge is 0.494 e. The Morgan fingerprint density at radius 1 is 1.12 bits per heavy atom. The molecule has 4 nitrogen and oxygen atoms in total. The molecular weight excluding hydrogens is 208 g/mol. The molecule has 1 aromatic rings. The SMILES string of the molecule is CCOc1ccc(C(O)C(OC)OC)cc1. The lowest BCUT2D eigenvalue weighted by atomic mass is 10.1. The minimum Gasteiger partial charge on any atom is -0.494 e. The summed E-state index contributed by atoms with van der Waals surface area (Å²) in [4.78, 5) is 0. The molecule has 90 valence electrons. The van der Waals surface area contributed by atoms with E-state index in [2.05, 4.69) is 0 Å². The predicted octanol–water partition coefficient (Wildman–Crippen LogP) is 1.74. The molecule has 0 saturated heterocycles. The zero-order valence-electron chi connectivity index (χ0n) is 9.84. The fraction of sp³-hybridized carbons (Fsp3) is 0.500. The van der Waals surface area contributed by atoms with Gasteiger partial charge in [0.15, 0.2) is 6.29 Å². The predicted molar refractivity (Wildman–Crippen MR) is 60.4 cm³/mol. The molecule has 0 aromatic heterocycles. The van der Waals surface area contributed by atoms with Gasteiger partial charge in [-0.05, 0) is 24.6 Å². The Balaban J connectivity index is 2.72. The first-order valence-corrected chi connectivity index (χ1v) is 5.19. The molecule has 0 bridgehead atoms. The average molecular weight is 226 g/mol. The maximum absolute atomic E-state index is 9.91. The highest BCUT2D eigenvalue weighted by Gasteiger charge is 2.19. The van der Waals surface area contributed by atoms with Crippen LogP contribution in [0.2, 0.25) is 0 Å². The van der Waals surface area contributed by atoms with Crippen LogP contribution in [0, 0.1) is 0 Å². The Morgan fingerprint density at radius 2 is 1.69 bits per heavy atom. The Kier molecular flexibility index (Phi) is 5.25. The lowest BCUT2D eigenvalue weighted by Gasteiger charge is -2.20. The van der Waals surface area contributed by atoms with Crippen LogP contribution in [0.5, 0.6) is 5.75 Å². The van der Waals surface area contributed by atoms with Crippen LogP contribution >= 0.6 is 0 Å². The summed E-state index contributed by atoms with van der Waals surface area (Å²) < 4.78 is 15.3. The van der Waals surface area contributed by atoms with Gasteiger partial charge in [0.05, 0.1) is 6.61 Å². The van der Waals surface area contributed by atoms with Gasteiger partial charge < -0.3 is 19.3 Å². The summed E-state index contributed by atoms with van der Waals surface area (Å²) in [5.41, 5.74) is 0.733. The van der Waals surface area contributed by atoms with Gasteiger partial charge in [-0.1, -0.05) is 12.1 Å². The molecule has 4 heteroatoms. The number of aliphatic hydroxyl groups excluding tert-OH is 1. The zero-order valence-corrected chi connectivity index (χ0v) is 9.84. The van der Waals surface area contributed by atoms with Crippen LogP contribution in [0.25, 0.3) is 0 Å². The first-order chi connectivity index (χ1) is 7.72. The zero-order chi connectivity index (χ0) is 12.0. The summed E-state index contributed by atoms with van der Waals surface area (Å²) in [6.07, 6.45) is -1.45. The van der Waals surface area contributed by atoms with Crippen LogP contribution in [0.1, 0.15) is 18.6 Å². The normalized spacial score (nSPS) is 12.8. The van der Waals surface area contributed by atoms with Crippen LogP contribution in [0.3, 0.4) is 0 Å². The number of hydrogen-bond donors (Lipinski definition) is 1. The fourth-order valence-corrected chi connectivity index (χ4v) is 1.44. The molecule has 1 aromatic carbocycles. The smallest absolute Gasteiger partial charge is 0.187 e. The van der Waals surface area contributed by atoms with E-state index in [1.807, 2.05) is 19.1 Å². The highest BCUT2D eigenvalue weighted by atomic mass is 16.7. The number of aliphatic hydroxyl groups is 1. The van der Waals surface area contributed by atoms with Crippen molar-refractivity contribution < 1.29 is 19.3 Å². The lowest BCUT2D eigenvalue weighted by molar-refractivity contribution is -0.166. The van der Waals surface area contributed by atoms with E-state index in [4.69, 9.17) is 14.2 Å². The molecule has 0 aliphatic rings. The molecule has 0 heterocycles. The van der Waals surface area contributed by atoms with Crippen molar-refractivity contribution in [1.82, 2.24) is 0 Å². The second-order valence-corrected chi connectivity index (χ2v) is 3.29. The maximum Gasteiger partial charge on any atom is 0.187 e. The number of methoxy groups -OCH3 is 2. The van der Waals surface area contributed by atoms with E-state index < -0.39 is 12.4 Å². The topological polar surface area (TPSA) is 47.9 Å². The van der Waals surface area contributed by atoms with Crippen molar-refractivity contribution in [2.24, 2.45) is 0 Å². The third-order valence-electron chi connectivity index (χ3n) is 2.26. The molecule has 0 aliphatic heterocycles. The Morgan fingerprint density at radius 3 is 2.12 bits per heavy atom. The minimum atomic E-state index is -0.800. The molecule has 1 N–H and O–H groups in total. The average Bonchev–Trinajstić information content (AvgIpc) is 2.32. The molecule has 1 rings (SSSR count). The Hall–Kier alpha value is -1.10. The van der Waals surface area contributed by atoms with Gasteiger partial charge in [0.2, 0.25) is 0 Å².